The van der Waals surface area contributed by atoms with Crippen LogP contribution in [-0.2, 0) is 16.4 Å². The molecule has 140 valence electrons. The molecule has 0 aliphatic carbocycles. The van der Waals surface area contributed by atoms with Crippen molar-refractivity contribution in [3.63, 3.8) is 0 Å². The van der Waals surface area contributed by atoms with E-state index in [1.54, 1.807) is 26.2 Å². The Morgan fingerprint density at radius 1 is 1.12 bits per heavy atom. The zero-order valence-electron chi connectivity index (χ0n) is 15.1. The van der Waals surface area contributed by atoms with Crippen LogP contribution in [0.15, 0.2) is 47.4 Å². The monoisotopic (exact) mass is 394 g/mol. The molecule has 1 amide bonds. The fourth-order valence-corrected chi connectivity index (χ4v) is 3.69. The van der Waals surface area contributed by atoms with Gasteiger partial charge < -0.3 is 4.90 Å². The molecule has 0 unspecified atom stereocenters. The van der Waals surface area contributed by atoms with Gasteiger partial charge in [0.2, 0.25) is 0 Å². The first-order chi connectivity index (χ1) is 12.2. The average Bonchev–Trinajstić information content (AvgIpc) is 2.60. The lowest BCUT2D eigenvalue weighted by Crippen LogP contribution is -2.22. The number of hydrogen-bond donors (Lipinski definition) is 1. The first kappa shape index (κ1) is 20.3. The summed E-state index contributed by atoms with van der Waals surface area (Å²) in [4.78, 5) is 13.5. The van der Waals surface area contributed by atoms with Crippen LogP contribution in [0.3, 0.4) is 0 Å². The largest absolute Gasteiger partial charge is 0.345 e. The summed E-state index contributed by atoms with van der Waals surface area (Å²) in [6, 6.07) is 11.4. The molecule has 0 aliphatic heterocycles. The van der Waals surface area contributed by atoms with Crippen molar-refractivity contribution < 1.29 is 13.2 Å². The molecule has 2 aromatic carbocycles. The lowest BCUT2D eigenvalue weighted by atomic mass is 10.1. The maximum atomic E-state index is 12.6. The highest BCUT2D eigenvalue weighted by Gasteiger charge is 2.19. The van der Waals surface area contributed by atoms with Crippen LogP contribution in [-0.4, -0.2) is 33.3 Å². The van der Waals surface area contributed by atoms with Crippen molar-refractivity contribution in [1.29, 1.82) is 0 Å². The average molecular weight is 395 g/mol. The summed E-state index contributed by atoms with van der Waals surface area (Å²) in [5.41, 5.74) is 1.79. The Morgan fingerprint density at radius 3 is 2.35 bits per heavy atom. The molecule has 0 fully saturated rings. The number of carbonyl (C=O) groups excluding carboxylic acids is 1. The maximum Gasteiger partial charge on any atom is 0.261 e. The van der Waals surface area contributed by atoms with Crippen LogP contribution in [0.1, 0.15) is 35.7 Å². The molecule has 1 N–H and O–H groups in total. The standard InChI is InChI=1S/C19H23ClN2O3S/c1-4-5-6-14-7-9-15(10-8-14)21-26(24,25)16-11-12-18(20)17(13-16)19(23)22(2)3/h7-13,21H,4-6H2,1-3H3. The molecule has 26 heavy (non-hydrogen) atoms. The van der Waals surface area contributed by atoms with Crippen LogP contribution < -0.4 is 4.72 Å². The number of unbranched alkanes of at least 4 members (excludes halogenated alkanes) is 1. The van der Waals surface area contributed by atoms with E-state index in [0.29, 0.717) is 5.69 Å². The molecule has 2 aromatic rings. The van der Waals surface area contributed by atoms with E-state index in [1.165, 1.54) is 28.7 Å². The molecule has 2 rings (SSSR count). The molecular formula is C19H23ClN2O3S. The second-order valence-electron chi connectivity index (χ2n) is 6.25. The maximum absolute atomic E-state index is 12.6. The summed E-state index contributed by atoms with van der Waals surface area (Å²) in [5, 5.41) is 0.211. The third-order valence-electron chi connectivity index (χ3n) is 3.91. The van der Waals surface area contributed by atoms with Gasteiger partial charge in [-0.3, -0.25) is 9.52 Å². The number of benzene rings is 2. The van der Waals surface area contributed by atoms with Gasteiger partial charge in [-0.2, -0.15) is 0 Å². The number of carbonyl (C=O) groups is 1. The highest BCUT2D eigenvalue weighted by Crippen LogP contribution is 2.23. The number of nitrogens with zero attached hydrogens (tertiary/aromatic N) is 1. The highest BCUT2D eigenvalue weighted by molar-refractivity contribution is 7.92. The van der Waals surface area contributed by atoms with Crippen LogP contribution in [0, 0.1) is 0 Å². The number of nitrogens with one attached hydrogen (secondary N) is 1. The van der Waals surface area contributed by atoms with Gasteiger partial charge in [0.1, 0.15) is 0 Å². The fraction of sp³-hybridized carbons (Fsp3) is 0.316. The summed E-state index contributed by atoms with van der Waals surface area (Å²) in [6.07, 6.45) is 3.17. The fourth-order valence-electron chi connectivity index (χ4n) is 2.41. The quantitative estimate of drug-likeness (QED) is 0.765. The summed E-state index contributed by atoms with van der Waals surface area (Å²) in [5.74, 6) is -0.354. The van der Waals surface area contributed by atoms with E-state index in [1.807, 2.05) is 12.1 Å². The van der Waals surface area contributed by atoms with E-state index in [0.717, 1.165) is 19.3 Å². The Labute approximate surface area is 160 Å². The van der Waals surface area contributed by atoms with E-state index >= 15 is 0 Å². The highest BCUT2D eigenvalue weighted by atomic mass is 35.5. The second kappa shape index (κ2) is 8.56. The Kier molecular flexibility index (Phi) is 6.67. The van der Waals surface area contributed by atoms with E-state index in [-0.39, 0.29) is 21.4 Å². The van der Waals surface area contributed by atoms with Gasteiger partial charge in [0.15, 0.2) is 0 Å². The van der Waals surface area contributed by atoms with Crippen molar-refractivity contribution in [2.75, 3.05) is 18.8 Å². The van der Waals surface area contributed by atoms with E-state index in [9.17, 15) is 13.2 Å². The number of aryl methyl sites for hydroxylation is 1. The molecule has 5 nitrogen and oxygen atoms in total. The summed E-state index contributed by atoms with van der Waals surface area (Å²) < 4.78 is 27.8. The van der Waals surface area contributed by atoms with Gasteiger partial charge in [-0.1, -0.05) is 37.1 Å². The number of sulfonamides is 1. The van der Waals surface area contributed by atoms with Gasteiger partial charge in [0, 0.05) is 19.8 Å². The summed E-state index contributed by atoms with van der Waals surface area (Å²) >= 11 is 6.04. The smallest absolute Gasteiger partial charge is 0.261 e. The predicted molar refractivity (Wildman–Crippen MR) is 105 cm³/mol. The third-order valence-corrected chi connectivity index (χ3v) is 5.62. The number of halogens is 1. The minimum atomic E-state index is -3.82. The van der Waals surface area contributed by atoms with Crippen molar-refractivity contribution in [3.8, 4) is 0 Å². The number of amides is 1. The Balaban J connectivity index is 2.25. The van der Waals surface area contributed by atoms with Crippen LogP contribution in [0.25, 0.3) is 0 Å². The van der Waals surface area contributed by atoms with Gasteiger partial charge in [-0.25, -0.2) is 8.42 Å². The second-order valence-corrected chi connectivity index (χ2v) is 8.34. The molecule has 0 atom stereocenters. The number of anilines is 1. The predicted octanol–water partition coefficient (Wildman–Crippen LogP) is 4.19. The number of hydrogen-bond acceptors (Lipinski definition) is 3. The minimum Gasteiger partial charge on any atom is -0.345 e. The zero-order chi connectivity index (χ0) is 19.3. The first-order valence-corrected chi connectivity index (χ1v) is 10.2. The molecule has 0 aromatic heterocycles. The summed E-state index contributed by atoms with van der Waals surface area (Å²) in [6.45, 7) is 2.13. The van der Waals surface area contributed by atoms with Crippen LogP contribution in [0.4, 0.5) is 5.69 Å². The summed E-state index contributed by atoms with van der Waals surface area (Å²) in [7, 11) is -0.658. The lowest BCUT2D eigenvalue weighted by molar-refractivity contribution is 0.0827. The van der Waals surface area contributed by atoms with Crippen molar-refractivity contribution in [3.05, 3.63) is 58.6 Å². The third kappa shape index (κ3) is 4.99. The van der Waals surface area contributed by atoms with Gasteiger partial charge >= 0.3 is 0 Å². The van der Waals surface area contributed by atoms with Gasteiger partial charge in [-0.05, 0) is 48.7 Å². The zero-order valence-corrected chi connectivity index (χ0v) is 16.7. The van der Waals surface area contributed by atoms with Gasteiger partial charge in [-0.15, -0.1) is 0 Å². The van der Waals surface area contributed by atoms with Crippen molar-refractivity contribution in [1.82, 2.24) is 4.90 Å². The first-order valence-electron chi connectivity index (χ1n) is 8.37. The SMILES string of the molecule is CCCCc1ccc(NS(=O)(=O)c2ccc(Cl)c(C(=O)N(C)C)c2)cc1. The van der Waals surface area contributed by atoms with Crippen LogP contribution in [0.2, 0.25) is 5.02 Å². The van der Waals surface area contributed by atoms with Gasteiger partial charge in [0.05, 0.1) is 15.5 Å². The number of rotatable bonds is 7. The molecule has 0 heterocycles. The molecule has 7 heteroatoms. The Bertz CT molecular complexity index is 878. The topological polar surface area (TPSA) is 66.5 Å². The molecule has 0 bridgehead atoms. The lowest BCUT2D eigenvalue weighted by Gasteiger charge is -2.14. The Morgan fingerprint density at radius 2 is 1.77 bits per heavy atom. The minimum absolute atomic E-state index is 0.0119. The van der Waals surface area contributed by atoms with Gasteiger partial charge in [0.25, 0.3) is 15.9 Å². The van der Waals surface area contributed by atoms with E-state index in [4.69, 9.17) is 11.6 Å². The molecule has 0 aliphatic rings. The Hall–Kier alpha value is -2.05. The van der Waals surface area contributed by atoms with Crippen molar-refractivity contribution in [2.45, 2.75) is 31.1 Å². The van der Waals surface area contributed by atoms with E-state index < -0.39 is 10.0 Å². The van der Waals surface area contributed by atoms with Crippen LogP contribution >= 0.6 is 11.6 Å². The van der Waals surface area contributed by atoms with Crippen molar-refractivity contribution >= 4 is 33.2 Å². The molecule has 0 saturated carbocycles. The normalized spacial score (nSPS) is 11.2. The molecular weight excluding hydrogens is 372 g/mol. The van der Waals surface area contributed by atoms with Crippen LogP contribution in [0.5, 0.6) is 0 Å². The van der Waals surface area contributed by atoms with Crippen molar-refractivity contribution in [2.24, 2.45) is 0 Å². The molecule has 0 saturated heterocycles. The molecule has 0 spiro atoms. The molecule has 0 radical (unpaired) electrons. The van der Waals surface area contributed by atoms with E-state index in [2.05, 4.69) is 11.6 Å².